The first-order chi connectivity index (χ1) is 7.11. The zero-order valence-corrected chi connectivity index (χ0v) is 10.3. The van der Waals surface area contributed by atoms with Gasteiger partial charge in [-0.15, -0.1) is 0 Å². The average molecular weight is 206 g/mol. The summed E-state index contributed by atoms with van der Waals surface area (Å²) in [6.45, 7) is 8.93. The molecule has 1 aromatic heterocycles. The van der Waals surface area contributed by atoms with Crippen molar-refractivity contribution in [2.45, 2.75) is 52.9 Å². The normalized spacial score (nSPS) is 11.3. The van der Waals surface area contributed by atoms with Crippen LogP contribution in [0.5, 0.6) is 0 Å². The molecule has 0 atom stereocenters. The molecule has 0 aromatic carbocycles. The van der Waals surface area contributed by atoms with Crippen molar-refractivity contribution in [2.24, 2.45) is 5.92 Å². The topological polar surface area (TPSA) is 25.8 Å². The largest absolute Gasteiger partial charge is 0.245 e. The minimum absolute atomic E-state index is 0.528. The van der Waals surface area contributed by atoms with Crippen molar-refractivity contribution < 1.29 is 0 Å². The lowest BCUT2D eigenvalue weighted by Crippen LogP contribution is -2.01. The molecule has 15 heavy (non-hydrogen) atoms. The molecule has 0 aliphatic carbocycles. The van der Waals surface area contributed by atoms with E-state index in [1.807, 2.05) is 6.20 Å². The minimum atomic E-state index is 0.528. The minimum Gasteiger partial charge on any atom is -0.245 e. The summed E-state index contributed by atoms with van der Waals surface area (Å²) in [7, 11) is 0. The van der Waals surface area contributed by atoms with Gasteiger partial charge in [-0.05, 0) is 30.2 Å². The molecule has 1 aromatic rings. The first kappa shape index (κ1) is 12.2. The summed E-state index contributed by atoms with van der Waals surface area (Å²) in [5.41, 5.74) is 2.54. The first-order valence-corrected chi connectivity index (χ1v) is 5.90. The van der Waals surface area contributed by atoms with Crippen molar-refractivity contribution in [1.29, 1.82) is 0 Å². The van der Waals surface area contributed by atoms with Crippen LogP contribution in [-0.2, 0) is 6.42 Å². The monoisotopic (exact) mass is 206 g/mol. The molecule has 0 spiro atoms. The molecule has 0 unspecified atom stereocenters. The summed E-state index contributed by atoms with van der Waals surface area (Å²) in [5, 5.41) is 0. The van der Waals surface area contributed by atoms with E-state index in [0.29, 0.717) is 5.92 Å². The molecule has 2 heteroatoms. The summed E-state index contributed by atoms with van der Waals surface area (Å²) in [6.07, 6.45) is 7.23. The van der Waals surface area contributed by atoms with Gasteiger partial charge in [0.15, 0.2) is 0 Å². The Morgan fingerprint density at radius 1 is 1.20 bits per heavy atom. The van der Waals surface area contributed by atoms with E-state index in [1.165, 1.54) is 24.1 Å². The van der Waals surface area contributed by atoms with E-state index >= 15 is 0 Å². The van der Waals surface area contributed by atoms with Crippen LogP contribution in [0.4, 0.5) is 0 Å². The van der Waals surface area contributed by atoms with E-state index in [2.05, 4.69) is 37.7 Å². The number of nitrogens with zero attached hydrogens (tertiary/aromatic N) is 2. The van der Waals surface area contributed by atoms with E-state index in [9.17, 15) is 0 Å². The highest BCUT2D eigenvalue weighted by Crippen LogP contribution is 2.18. The lowest BCUT2D eigenvalue weighted by Gasteiger charge is -2.11. The second kappa shape index (κ2) is 5.84. The van der Waals surface area contributed by atoms with Gasteiger partial charge in [0.05, 0.1) is 0 Å². The third-order valence-electron chi connectivity index (χ3n) is 2.64. The molecular weight excluding hydrogens is 184 g/mol. The molecule has 0 amide bonds. The number of rotatable bonds is 5. The van der Waals surface area contributed by atoms with Crippen LogP contribution in [0.25, 0.3) is 0 Å². The van der Waals surface area contributed by atoms with Crippen LogP contribution in [-0.4, -0.2) is 9.97 Å². The Hall–Kier alpha value is -0.920. The molecule has 1 heterocycles. The van der Waals surface area contributed by atoms with Crippen LogP contribution < -0.4 is 0 Å². The van der Waals surface area contributed by atoms with E-state index in [0.717, 1.165) is 12.3 Å². The molecule has 0 aliphatic rings. The number of aryl methyl sites for hydroxylation is 1. The van der Waals surface area contributed by atoms with E-state index in [4.69, 9.17) is 0 Å². The molecule has 0 N–H and O–H groups in total. The third kappa shape index (κ3) is 3.98. The summed E-state index contributed by atoms with van der Waals surface area (Å²) in [4.78, 5) is 8.48. The molecule has 84 valence electrons. The van der Waals surface area contributed by atoms with Gasteiger partial charge in [-0.2, -0.15) is 0 Å². The van der Waals surface area contributed by atoms with Gasteiger partial charge in [-0.25, -0.2) is 9.97 Å². The van der Waals surface area contributed by atoms with Crippen molar-refractivity contribution in [1.82, 2.24) is 9.97 Å². The standard InChI is InChI=1S/C13H22N2/c1-10(2)6-5-7-13-12(11(3)4)8-14-9-15-13/h8-11H,5-7H2,1-4H3. The van der Waals surface area contributed by atoms with E-state index in [1.54, 1.807) is 6.33 Å². The lowest BCUT2D eigenvalue weighted by molar-refractivity contribution is 0.550. The van der Waals surface area contributed by atoms with Gasteiger partial charge in [0.2, 0.25) is 0 Å². The van der Waals surface area contributed by atoms with Crippen molar-refractivity contribution in [2.75, 3.05) is 0 Å². The third-order valence-corrected chi connectivity index (χ3v) is 2.64. The highest BCUT2D eigenvalue weighted by Gasteiger charge is 2.07. The molecule has 0 saturated carbocycles. The summed E-state index contributed by atoms with van der Waals surface area (Å²) < 4.78 is 0. The van der Waals surface area contributed by atoms with Crippen LogP contribution in [0.1, 0.15) is 57.7 Å². The van der Waals surface area contributed by atoms with Crippen molar-refractivity contribution in [3.63, 3.8) is 0 Å². The average Bonchev–Trinajstić information content (AvgIpc) is 2.17. The van der Waals surface area contributed by atoms with Crippen LogP contribution >= 0.6 is 0 Å². The predicted octanol–water partition coefficient (Wildman–Crippen LogP) is 3.58. The van der Waals surface area contributed by atoms with Gasteiger partial charge in [0.1, 0.15) is 6.33 Å². The second-order valence-corrected chi connectivity index (χ2v) is 4.87. The van der Waals surface area contributed by atoms with Crippen LogP contribution in [0, 0.1) is 5.92 Å². The van der Waals surface area contributed by atoms with Crippen LogP contribution in [0.2, 0.25) is 0 Å². The quantitative estimate of drug-likeness (QED) is 0.736. The Bertz CT molecular complexity index is 292. The fraction of sp³-hybridized carbons (Fsp3) is 0.692. The fourth-order valence-electron chi connectivity index (χ4n) is 1.73. The van der Waals surface area contributed by atoms with Gasteiger partial charge < -0.3 is 0 Å². The second-order valence-electron chi connectivity index (χ2n) is 4.87. The van der Waals surface area contributed by atoms with Gasteiger partial charge in [0, 0.05) is 11.9 Å². The molecule has 0 fully saturated rings. The first-order valence-electron chi connectivity index (χ1n) is 5.90. The summed E-state index contributed by atoms with van der Waals surface area (Å²) >= 11 is 0. The summed E-state index contributed by atoms with van der Waals surface area (Å²) in [5.74, 6) is 1.31. The van der Waals surface area contributed by atoms with Crippen LogP contribution in [0.15, 0.2) is 12.5 Å². The number of aromatic nitrogens is 2. The van der Waals surface area contributed by atoms with Gasteiger partial charge in [-0.1, -0.05) is 34.1 Å². The molecule has 0 saturated heterocycles. The number of hydrogen-bond acceptors (Lipinski definition) is 2. The maximum absolute atomic E-state index is 4.39. The fourth-order valence-corrected chi connectivity index (χ4v) is 1.73. The van der Waals surface area contributed by atoms with Gasteiger partial charge in [-0.3, -0.25) is 0 Å². The Balaban J connectivity index is 2.59. The Labute approximate surface area is 93.2 Å². The lowest BCUT2D eigenvalue weighted by atomic mass is 9.98. The molecule has 0 bridgehead atoms. The maximum atomic E-state index is 4.39. The van der Waals surface area contributed by atoms with Gasteiger partial charge >= 0.3 is 0 Å². The molecule has 0 radical (unpaired) electrons. The highest BCUT2D eigenvalue weighted by atomic mass is 14.8. The highest BCUT2D eigenvalue weighted by molar-refractivity contribution is 5.19. The summed E-state index contributed by atoms with van der Waals surface area (Å²) in [6, 6.07) is 0. The van der Waals surface area contributed by atoms with Crippen molar-refractivity contribution >= 4 is 0 Å². The Morgan fingerprint density at radius 3 is 2.53 bits per heavy atom. The SMILES string of the molecule is CC(C)CCCc1ncncc1C(C)C. The zero-order chi connectivity index (χ0) is 11.3. The molecular formula is C13H22N2. The van der Waals surface area contributed by atoms with Crippen LogP contribution in [0.3, 0.4) is 0 Å². The zero-order valence-electron chi connectivity index (χ0n) is 10.3. The van der Waals surface area contributed by atoms with Crippen molar-refractivity contribution in [3.8, 4) is 0 Å². The Kier molecular flexibility index (Phi) is 4.73. The predicted molar refractivity (Wildman–Crippen MR) is 63.9 cm³/mol. The smallest absolute Gasteiger partial charge is 0.115 e. The Morgan fingerprint density at radius 2 is 1.93 bits per heavy atom. The molecule has 2 nitrogen and oxygen atoms in total. The van der Waals surface area contributed by atoms with Gasteiger partial charge in [0.25, 0.3) is 0 Å². The van der Waals surface area contributed by atoms with E-state index < -0.39 is 0 Å². The van der Waals surface area contributed by atoms with Crippen molar-refractivity contribution in [3.05, 3.63) is 23.8 Å². The number of hydrogen-bond donors (Lipinski definition) is 0. The van der Waals surface area contributed by atoms with E-state index in [-0.39, 0.29) is 0 Å². The maximum Gasteiger partial charge on any atom is 0.115 e. The molecule has 1 rings (SSSR count). The molecule has 0 aliphatic heterocycles.